The lowest BCUT2D eigenvalue weighted by molar-refractivity contribution is -0.146. The Hall–Kier alpha value is -0.790. The molecule has 1 aliphatic carbocycles. The molecule has 0 radical (unpaired) electrons. The molecule has 0 fully saturated rings. The number of hydrogen-bond acceptors (Lipinski definition) is 2. The lowest BCUT2D eigenvalue weighted by Crippen LogP contribution is -2.12. The maximum Gasteiger partial charge on any atom is 0.310 e. The molecule has 1 rings (SSSR count). The Balaban J connectivity index is 2.30. The molecule has 0 aromatic carbocycles. The Morgan fingerprint density at radius 3 is 2.85 bits per heavy atom. The van der Waals surface area contributed by atoms with Crippen molar-refractivity contribution in [2.75, 3.05) is 0 Å². The minimum Gasteiger partial charge on any atom is -0.463 e. The predicted octanol–water partition coefficient (Wildman–Crippen LogP) is 2.83. The van der Waals surface area contributed by atoms with Gasteiger partial charge in [0.2, 0.25) is 0 Å². The van der Waals surface area contributed by atoms with Crippen molar-refractivity contribution in [2.24, 2.45) is 0 Å². The molecule has 0 N–H and O–H groups in total. The highest BCUT2D eigenvalue weighted by molar-refractivity contribution is 5.72. The van der Waals surface area contributed by atoms with Gasteiger partial charge in [-0.25, -0.2) is 0 Å². The third-order valence-electron chi connectivity index (χ3n) is 2.12. The van der Waals surface area contributed by atoms with Crippen molar-refractivity contribution < 1.29 is 9.53 Å². The van der Waals surface area contributed by atoms with Crippen LogP contribution in [0.1, 0.15) is 46.0 Å². The molecule has 0 unspecified atom stereocenters. The number of carbonyl (C=O) groups is 1. The van der Waals surface area contributed by atoms with Crippen LogP contribution in [0.15, 0.2) is 11.6 Å². The Kier molecular flexibility index (Phi) is 4.00. The summed E-state index contributed by atoms with van der Waals surface area (Å²) in [6, 6.07) is 0. The second kappa shape index (κ2) is 5.05. The predicted molar refractivity (Wildman–Crippen MR) is 52.4 cm³/mol. The number of carbonyl (C=O) groups excluding carboxylic acids is 1. The number of allylic oxidation sites excluding steroid dienone is 1. The third kappa shape index (κ3) is 4.11. The molecule has 0 atom stereocenters. The molecule has 0 bridgehead atoms. The van der Waals surface area contributed by atoms with Gasteiger partial charge in [0.25, 0.3) is 0 Å². The average molecular weight is 182 g/mol. The molecule has 2 heteroatoms. The SMILES string of the molecule is CC(C)OC(=O)CC1=CCCCC1. The van der Waals surface area contributed by atoms with Gasteiger partial charge in [-0.05, 0) is 39.5 Å². The molecule has 0 amide bonds. The zero-order valence-electron chi connectivity index (χ0n) is 8.51. The van der Waals surface area contributed by atoms with Crippen LogP contribution in [0.4, 0.5) is 0 Å². The molecule has 0 saturated carbocycles. The van der Waals surface area contributed by atoms with E-state index >= 15 is 0 Å². The molecule has 0 aromatic rings. The van der Waals surface area contributed by atoms with E-state index in [9.17, 15) is 4.79 Å². The Morgan fingerprint density at radius 1 is 1.54 bits per heavy atom. The van der Waals surface area contributed by atoms with E-state index in [1.54, 1.807) is 0 Å². The van der Waals surface area contributed by atoms with Crippen LogP contribution in [0.2, 0.25) is 0 Å². The van der Waals surface area contributed by atoms with Crippen LogP contribution >= 0.6 is 0 Å². The van der Waals surface area contributed by atoms with E-state index in [-0.39, 0.29) is 12.1 Å². The fourth-order valence-corrected chi connectivity index (χ4v) is 1.56. The smallest absolute Gasteiger partial charge is 0.310 e. The molecular weight excluding hydrogens is 164 g/mol. The second-order valence-electron chi connectivity index (χ2n) is 3.82. The molecule has 0 aromatic heterocycles. The van der Waals surface area contributed by atoms with E-state index in [1.807, 2.05) is 13.8 Å². The first-order valence-electron chi connectivity index (χ1n) is 5.06. The van der Waals surface area contributed by atoms with Gasteiger partial charge in [0.15, 0.2) is 0 Å². The van der Waals surface area contributed by atoms with Crippen molar-refractivity contribution >= 4 is 5.97 Å². The van der Waals surface area contributed by atoms with Crippen molar-refractivity contribution in [3.8, 4) is 0 Å². The summed E-state index contributed by atoms with van der Waals surface area (Å²) in [7, 11) is 0. The highest BCUT2D eigenvalue weighted by Crippen LogP contribution is 2.20. The maximum absolute atomic E-state index is 11.3. The van der Waals surface area contributed by atoms with Crippen LogP contribution in [0.25, 0.3) is 0 Å². The first-order valence-corrected chi connectivity index (χ1v) is 5.06. The van der Waals surface area contributed by atoms with Gasteiger partial charge >= 0.3 is 5.97 Å². The minimum absolute atomic E-state index is 0.0108. The number of esters is 1. The first-order chi connectivity index (χ1) is 6.18. The normalized spacial score (nSPS) is 17.0. The molecule has 0 heterocycles. The van der Waals surface area contributed by atoms with Crippen molar-refractivity contribution in [3.05, 3.63) is 11.6 Å². The number of rotatable bonds is 3. The molecule has 74 valence electrons. The van der Waals surface area contributed by atoms with Crippen LogP contribution < -0.4 is 0 Å². The van der Waals surface area contributed by atoms with Crippen LogP contribution in [0, 0.1) is 0 Å². The maximum atomic E-state index is 11.3. The summed E-state index contributed by atoms with van der Waals surface area (Å²) >= 11 is 0. The molecule has 1 aliphatic rings. The minimum atomic E-state index is -0.0804. The largest absolute Gasteiger partial charge is 0.463 e. The van der Waals surface area contributed by atoms with E-state index in [0.29, 0.717) is 6.42 Å². The fourth-order valence-electron chi connectivity index (χ4n) is 1.56. The van der Waals surface area contributed by atoms with Crippen LogP contribution in [0.3, 0.4) is 0 Å². The Morgan fingerprint density at radius 2 is 2.31 bits per heavy atom. The summed E-state index contributed by atoms with van der Waals surface area (Å²) in [5.41, 5.74) is 1.26. The molecular formula is C11H18O2. The van der Waals surface area contributed by atoms with Gasteiger partial charge in [-0.1, -0.05) is 11.6 Å². The van der Waals surface area contributed by atoms with Gasteiger partial charge in [-0.2, -0.15) is 0 Å². The van der Waals surface area contributed by atoms with E-state index in [2.05, 4.69) is 6.08 Å². The molecule has 2 nitrogen and oxygen atoms in total. The van der Waals surface area contributed by atoms with Crippen molar-refractivity contribution in [3.63, 3.8) is 0 Å². The third-order valence-corrected chi connectivity index (χ3v) is 2.12. The van der Waals surface area contributed by atoms with Gasteiger partial charge in [-0.15, -0.1) is 0 Å². The van der Waals surface area contributed by atoms with E-state index in [1.165, 1.54) is 18.4 Å². The zero-order chi connectivity index (χ0) is 9.68. The lowest BCUT2D eigenvalue weighted by Gasteiger charge is -2.13. The molecule has 13 heavy (non-hydrogen) atoms. The highest BCUT2D eigenvalue weighted by atomic mass is 16.5. The summed E-state index contributed by atoms with van der Waals surface area (Å²) < 4.78 is 5.07. The molecule has 0 saturated heterocycles. The van der Waals surface area contributed by atoms with Crippen LogP contribution in [-0.4, -0.2) is 12.1 Å². The van der Waals surface area contributed by atoms with Crippen LogP contribution in [-0.2, 0) is 9.53 Å². The van der Waals surface area contributed by atoms with E-state index in [4.69, 9.17) is 4.74 Å². The van der Waals surface area contributed by atoms with Crippen molar-refractivity contribution in [1.29, 1.82) is 0 Å². The van der Waals surface area contributed by atoms with Gasteiger partial charge in [0, 0.05) is 0 Å². The average Bonchev–Trinajstić information content (AvgIpc) is 2.04. The quantitative estimate of drug-likeness (QED) is 0.495. The highest BCUT2D eigenvalue weighted by Gasteiger charge is 2.10. The number of ether oxygens (including phenoxy) is 1. The van der Waals surface area contributed by atoms with Crippen LogP contribution in [0.5, 0.6) is 0 Å². The van der Waals surface area contributed by atoms with Crippen molar-refractivity contribution in [1.82, 2.24) is 0 Å². The zero-order valence-corrected chi connectivity index (χ0v) is 8.51. The summed E-state index contributed by atoms with van der Waals surface area (Å²) in [6.07, 6.45) is 7.39. The summed E-state index contributed by atoms with van der Waals surface area (Å²) in [6.45, 7) is 3.76. The Labute approximate surface area is 80.0 Å². The molecule has 0 spiro atoms. The summed E-state index contributed by atoms with van der Waals surface area (Å²) in [4.78, 5) is 11.3. The lowest BCUT2D eigenvalue weighted by atomic mass is 9.97. The number of hydrogen-bond donors (Lipinski definition) is 0. The summed E-state index contributed by atoms with van der Waals surface area (Å²) in [5.74, 6) is -0.0804. The standard InChI is InChI=1S/C11H18O2/c1-9(2)13-11(12)8-10-6-4-3-5-7-10/h6,9H,3-5,7-8H2,1-2H3. The topological polar surface area (TPSA) is 26.3 Å². The van der Waals surface area contributed by atoms with E-state index in [0.717, 1.165) is 12.8 Å². The van der Waals surface area contributed by atoms with Crippen molar-refractivity contribution in [2.45, 2.75) is 52.1 Å². The fraction of sp³-hybridized carbons (Fsp3) is 0.727. The second-order valence-corrected chi connectivity index (χ2v) is 3.82. The van der Waals surface area contributed by atoms with Gasteiger partial charge in [0.05, 0.1) is 12.5 Å². The Bertz CT molecular complexity index is 204. The van der Waals surface area contributed by atoms with E-state index < -0.39 is 0 Å². The summed E-state index contributed by atoms with van der Waals surface area (Å²) in [5, 5.41) is 0. The van der Waals surface area contributed by atoms with Gasteiger partial charge in [0.1, 0.15) is 0 Å². The van der Waals surface area contributed by atoms with Gasteiger partial charge < -0.3 is 4.74 Å². The monoisotopic (exact) mass is 182 g/mol. The van der Waals surface area contributed by atoms with Gasteiger partial charge in [-0.3, -0.25) is 4.79 Å². The first kappa shape index (κ1) is 10.3. The molecule has 0 aliphatic heterocycles.